The number of halogens is 1. The van der Waals surface area contributed by atoms with Crippen LogP contribution in [0.5, 0.6) is 5.75 Å². The van der Waals surface area contributed by atoms with Gasteiger partial charge in [0, 0.05) is 16.8 Å². The monoisotopic (exact) mass is 490 g/mol. The van der Waals surface area contributed by atoms with E-state index in [2.05, 4.69) is 5.32 Å². The molecular weight excluding hydrogens is 467 g/mol. The molecule has 1 saturated heterocycles. The van der Waals surface area contributed by atoms with E-state index >= 15 is 0 Å². The molecule has 0 radical (unpaired) electrons. The fraction of sp³-hybridized carbons (Fsp3) is 0.148. The Morgan fingerprint density at radius 2 is 1.77 bits per heavy atom. The maximum Gasteiger partial charge on any atom is 0.293 e. The van der Waals surface area contributed by atoms with E-state index < -0.39 is 17.0 Å². The minimum atomic E-state index is -0.509. The molecule has 1 fully saturated rings. The van der Waals surface area contributed by atoms with Gasteiger partial charge in [-0.3, -0.25) is 19.3 Å². The molecule has 1 aliphatic rings. The lowest BCUT2D eigenvalue weighted by molar-refractivity contribution is -0.123. The van der Waals surface area contributed by atoms with Crippen LogP contribution in [0.1, 0.15) is 22.3 Å². The van der Waals surface area contributed by atoms with Crippen molar-refractivity contribution < 1.29 is 23.5 Å². The van der Waals surface area contributed by atoms with Gasteiger partial charge in [-0.2, -0.15) is 0 Å². The van der Waals surface area contributed by atoms with Gasteiger partial charge in [-0.15, -0.1) is 0 Å². The number of hydrogen-bond acceptors (Lipinski definition) is 5. The Bertz CT molecular complexity index is 1340. The lowest BCUT2D eigenvalue weighted by Gasteiger charge is -2.13. The first-order valence-corrected chi connectivity index (χ1v) is 11.7. The SMILES string of the molecule is Cc1ccc(NC(=O)COc2ccccc2/C=C2\SC(=O)N(Cc3ccccc3F)C2=O)cc1C. The minimum absolute atomic E-state index is 0.147. The van der Waals surface area contributed by atoms with Gasteiger partial charge in [0.1, 0.15) is 11.6 Å². The number of nitrogens with zero attached hydrogens (tertiary/aromatic N) is 1. The largest absolute Gasteiger partial charge is 0.483 e. The molecule has 6 nitrogen and oxygen atoms in total. The van der Waals surface area contributed by atoms with Crippen molar-refractivity contribution in [3.8, 4) is 5.75 Å². The van der Waals surface area contributed by atoms with Crippen LogP contribution < -0.4 is 10.1 Å². The second-order valence-electron chi connectivity index (χ2n) is 8.03. The van der Waals surface area contributed by atoms with E-state index in [1.165, 1.54) is 12.1 Å². The van der Waals surface area contributed by atoms with Crippen molar-refractivity contribution in [1.82, 2.24) is 4.90 Å². The Labute approximate surface area is 206 Å². The number of carbonyl (C=O) groups excluding carboxylic acids is 3. The van der Waals surface area contributed by atoms with Crippen LogP contribution in [0.2, 0.25) is 0 Å². The Kier molecular flexibility index (Phi) is 7.31. The summed E-state index contributed by atoms with van der Waals surface area (Å²) in [5.74, 6) is -0.921. The standard InChI is InChI=1S/C27H23FN2O4S/c1-17-11-12-21(13-18(17)2)29-25(31)16-34-23-10-6-4-7-19(23)14-24-26(32)30(27(33)35-24)15-20-8-3-5-9-22(20)28/h3-14H,15-16H2,1-2H3,(H,29,31)/b24-14-. The van der Waals surface area contributed by atoms with Gasteiger partial charge in [-0.25, -0.2) is 4.39 Å². The van der Waals surface area contributed by atoms with E-state index in [1.807, 2.05) is 32.0 Å². The van der Waals surface area contributed by atoms with Crippen LogP contribution in [-0.4, -0.2) is 28.6 Å². The van der Waals surface area contributed by atoms with Gasteiger partial charge in [0.15, 0.2) is 6.61 Å². The van der Waals surface area contributed by atoms with Gasteiger partial charge in [0.05, 0.1) is 11.4 Å². The molecule has 35 heavy (non-hydrogen) atoms. The number of thioether (sulfide) groups is 1. The number of hydrogen-bond donors (Lipinski definition) is 1. The van der Waals surface area contributed by atoms with Gasteiger partial charge in [-0.1, -0.05) is 42.5 Å². The van der Waals surface area contributed by atoms with Crippen LogP contribution >= 0.6 is 11.8 Å². The molecule has 1 N–H and O–H groups in total. The van der Waals surface area contributed by atoms with Crippen molar-refractivity contribution in [2.75, 3.05) is 11.9 Å². The molecule has 0 saturated carbocycles. The summed E-state index contributed by atoms with van der Waals surface area (Å²) in [6, 6.07) is 18.6. The third-order valence-corrected chi connectivity index (χ3v) is 6.42. The number of amides is 3. The average molecular weight is 491 g/mol. The number of imide groups is 1. The highest BCUT2D eigenvalue weighted by Crippen LogP contribution is 2.35. The van der Waals surface area contributed by atoms with E-state index in [0.29, 0.717) is 17.0 Å². The fourth-order valence-corrected chi connectivity index (χ4v) is 4.29. The Hall–Kier alpha value is -3.91. The molecule has 3 aromatic rings. The van der Waals surface area contributed by atoms with Crippen LogP contribution in [0.15, 0.2) is 71.6 Å². The number of para-hydroxylation sites is 1. The molecule has 1 heterocycles. The summed E-state index contributed by atoms with van der Waals surface area (Å²) in [5.41, 5.74) is 3.68. The van der Waals surface area contributed by atoms with Gasteiger partial charge < -0.3 is 10.1 Å². The third-order valence-electron chi connectivity index (χ3n) is 5.51. The maximum absolute atomic E-state index is 14.0. The summed E-state index contributed by atoms with van der Waals surface area (Å²) in [5, 5.41) is 2.32. The van der Waals surface area contributed by atoms with Crippen molar-refractivity contribution in [1.29, 1.82) is 0 Å². The zero-order chi connectivity index (χ0) is 24.9. The molecule has 0 bridgehead atoms. The van der Waals surface area contributed by atoms with E-state index in [4.69, 9.17) is 4.74 Å². The summed E-state index contributed by atoms with van der Waals surface area (Å²) in [7, 11) is 0. The van der Waals surface area contributed by atoms with E-state index in [1.54, 1.807) is 42.5 Å². The number of anilines is 1. The molecule has 3 amide bonds. The van der Waals surface area contributed by atoms with Crippen LogP contribution in [0.4, 0.5) is 14.9 Å². The summed E-state index contributed by atoms with van der Waals surface area (Å²) >= 11 is 0.780. The minimum Gasteiger partial charge on any atom is -0.483 e. The smallest absolute Gasteiger partial charge is 0.293 e. The first-order chi connectivity index (χ1) is 16.8. The maximum atomic E-state index is 14.0. The highest BCUT2D eigenvalue weighted by molar-refractivity contribution is 8.18. The summed E-state index contributed by atoms with van der Waals surface area (Å²) in [4.78, 5) is 38.9. The Morgan fingerprint density at radius 1 is 1.03 bits per heavy atom. The van der Waals surface area contributed by atoms with E-state index in [-0.39, 0.29) is 29.5 Å². The predicted octanol–water partition coefficient (Wildman–Crippen LogP) is 5.70. The number of nitrogens with one attached hydrogen (secondary N) is 1. The molecule has 0 unspecified atom stereocenters. The Morgan fingerprint density at radius 3 is 2.54 bits per heavy atom. The second-order valence-corrected chi connectivity index (χ2v) is 9.03. The molecule has 0 aromatic heterocycles. The topological polar surface area (TPSA) is 75.7 Å². The summed E-state index contributed by atoms with van der Waals surface area (Å²) in [6.07, 6.45) is 1.54. The molecule has 8 heteroatoms. The molecule has 1 aliphatic heterocycles. The lowest BCUT2D eigenvalue weighted by atomic mass is 10.1. The number of rotatable bonds is 7. The lowest BCUT2D eigenvalue weighted by Crippen LogP contribution is -2.27. The van der Waals surface area contributed by atoms with Crippen molar-refractivity contribution in [2.45, 2.75) is 20.4 Å². The molecule has 0 aliphatic carbocycles. The number of carbonyl (C=O) groups is 3. The molecule has 3 aromatic carbocycles. The van der Waals surface area contributed by atoms with Crippen molar-refractivity contribution in [3.63, 3.8) is 0 Å². The van der Waals surface area contributed by atoms with Crippen molar-refractivity contribution in [2.24, 2.45) is 0 Å². The fourth-order valence-electron chi connectivity index (χ4n) is 3.47. The second kappa shape index (κ2) is 10.6. The highest BCUT2D eigenvalue weighted by Gasteiger charge is 2.35. The number of ether oxygens (including phenoxy) is 1. The van der Waals surface area contributed by atoms with E-state index in [0.717, 1.165) is 27.8 Å². The van der Waals surface area contributed by atoms with Crippen LogP contribution in [0, 0.1) is 19.7 Å². The molecule has 178 valence electrons. The number of benzene rings is 3. The predicted molar refractivity (Wildman–Crippen MR) is 134 cm³/mol. The first kappa shape index (κ1) is 24.2. The highest BCUT2D eigenvalue weighted by atomic mass is 32.2. The summed E-state index contributed by atoms with van der Waals surface area (Å²) < 4.78 is 19.7. The van der Waals surface area contributed by atoms with Crippen LogP contribution in [-0.2, 0) is 16.1 Å². The molecule has 0 spiro atoms. The first-order valence-electron chi connectivity index (χ1n) is 10.9. The normalized spacial score (nSPS) is 14.5. The van der Waals surface area contributed by atoms with Gasteiger partial charge in [0.2, 0.25) is 0 Å². The van der Waals surface area contributed by atoms with Crippen molar-refractivity contribution >= 4 is 40.6 Å². The van der Waals surface area contributed by atoms with Gasteiger partial charge in [0.25, 0.3) is 17.1 Å². The molecular formula is C27H23FN2O4S. The van der Waals surface area contributed by atoms with Gasteiger partial charge in [-0.05, 0) is 67.1 Å². The van der Waals surface area contributed by atoms with Crippen molar-refractivity contribution in [3.05, 3.63) is 99.7 Å². The summed E-state index contributed by atoms with van der Waals surface area (Å²) in [6.45, 7) is 3.59. The third kappa shape index (κ3) is 5.78. The van der Waals surface area contributed by atoms with E-state index in [9.17, 15) is 18.8 Å². The Balaban J connectivity index is 1.44. The number of aryl methyl sites for hydroxylation is 2. The van der Waals surface area contributed by atoms with Crippen LogP contribution in [0.25, 0.3) is 6.08 Å². The zero-order valence-electron chi connectivity index (χ0n) is 19.2. The van der Waals surface area contributed by atoms with Gasteiger partial charge >= 0.3 is 0 Å². The average Bonchev–Trinajstić information content (AvgIpc) is 3.09. The quantitative estimate of drug-likeness (QED) is 0.430. The molecule has 0 atom stereocenters. The molecule has 4 rings (SSSR count). The van der Waals surface area contributed by atoms with Crippen LogP contribution in [0.3, 0.4) is 0 Å². The zero-order valence-corrected chi connectivity index (χ0v) is 20.0.